The lowest BCUT2D eigenvalue weighted by molar-refractivity contribution is 0.0715. The van der Waals surface area contributed by atoms with Crippen LogP contribution in [0.15, 0.2) is 28.7 Å². The zero-order valence-electron chi connectivity index (χ0n) is 14.6. The fraction of sp³-hybridized carbons (Fsp3) is 0.556. The van der Waals surface area contributed by atoms with E-state index < -0.39 is 0 Å². The zero-order valence-corrected chi connectivity index (χ0v) is 16.2. The number of piperidine rings is 1. The number of hydrogen-bond acceptors (Lipinski definition) is 4. The molecule has 0 unspecified atom stereocenters. The molecular weight excluding hydrogens is 338 g/mol. The summed E-state index contributed by atoms with van der Waals surface area (Å²) >= 11 is 3.42. The van der Waals surface area contributed by atoms with Gasteiger partial charge in [-0.2, -0.15) is 0 Å². The maximum Gasteiger partial charge on any atom is 0.263 e. The minimum atomic E-state index is 0.189. The van der Waals surface area contributed by atoms with E-state index in [1.807, 2.05) is 17.2 Å². The lowest BCUT2D eigenvalue weighted by Gasteiger charge is -2.32. The molecule has 2 aromatic heterocycles. The normalized spacial score (nSPS) is 16.1. The van der Waals surface area contributed by atoms with Gasteiger partial charge in [0.1, 0.15) is 5.82 Å². The van der Waals surface area contributed by atoms with Crippen LogP contribution in [0.1, 0.15) is 61.1 Å². The van der Waals surface area contributed by atoms with E-state index in [9.17, 15) is 4.79 Å². The van der Waals surface area contributed by atoms with Crippen molar-refractivity contribution in [3.63, 3.8) is 0 Å². The fourth-order valence-electron chi connectivity index (χ4n) is 3.23. The highest BCUT2D eigenvalue weighted by Crippen LogP contribution is 2.31. The Balaban J connectivity index is 1.62. The molecule has 2 aromatic rings. The third kappa shape index (κ3) is 3.70. The Kier molecular flexibility index (Phi) is 5.66. The number of thiophene rings is 1. The predicted molar refractivity (Wildman–Crippen MR) is 101 cm³/mol. The first kappa shape index (κ1) is 17.5. The largest absolute Gasteiger partial charge is 0.338 e. The van der Waals surface area contributed by atoms with Gasteiger partial charge in [-0.05, 0) is 44.6 Å². The molecule has 130 valence electrons. The Labute approximate surface area is 152 Å². The number of likely N-dealkylation sites (tertiary alicyclic amines) is 1. The van der Waals surface area contributed by atoms with Crippen LogP contribution in [-0.4, -0.2) is 39.2 Å². The van der Waals surface area contributed by atoms with E-state index >= 15 is 0 Å². The Bertz CT molecular complexity index is 684. The topological polar surface area (TPSA) is 38.1 Å². The van der Waals surface area contributed by atoms with Crippen molar-refractivity contribution >= 4 is 29.0 Å². The van der Waals surface area contributed by atoms with E-state index in [2.05, 4.69) is 42.6 Å². The molecule has 1 saturated heterocycles. The van der Waals surface area contributed by atoms with Crippen molar-refractivity contribution in [2.45, 2.75) is 49.8 Å². The van der Waals surface area contributed by atoms with Crippen molar-refractivity contribution in [3.8, 4) is 0 Å². The summed E-state index contributed by atoms with van der Waals surface area (Å²) in [6.07, 6.45) is 5.95. The molecule has 0 saturated carbocycles. The minimum absolute atomic E-state index is 0.189. The Morgan fingerprint density at radius 3 is 2.79 bits per heavy atom. The van der Waals surface area contributed by atoms with Crippen LogP contribution in [-0.2, 0) is 0 Å². The highest BCUT2D eigenvalue weighted by Gasteiger charge is 2.27. The average molecular weight is 364 g/mol. The van der Waals surface area contributed by atoms with Crippen molar-refractivity contribution in [2.75, 3.05) is 18.8 Å². The van der Waals surface area contributed by atoms with E-state index in [4.69, 9.17) is 0 Å². The van der Waals surface area contributed by atoms with E-state index in [-0.39, 0.29) is 5.91 Å². The summed E-state index contributed by atoms with van der Waals surface area (Å²) in [6.45, 7) is 8.15. The lowest BCUT2D eigenvalue weighted by Crippen LogP contribution is -2.38. The van der Waals surface area contributed by atoms with E-state index in [0.717, 1.165) is 36.6 Å². The lowest BCUT2D eigenvalue weighted by atomic mass is 9.95. The predicted octanol–water partition coefficient (Wildman–Crippen LogP) is 4.66. The van der Waals surface area contributed by atoms with E-state index in [1.54, 1.807) is 23.1 Å². The third-order valence-electron chi connectivity index (χ3n) is 4.48. The number of carbonyl (C=O) groups excluding carboxylic acids is 1. The van der Waals surface area contributed by atoms with Gasteiger partial charge in [-0.15, -0.1) is 23.1 Å². The SMILES string of the molecule is CCSc1ccc(C(=O)N2CCC(c3nccn3C(C)C)CC2)s1. The van der Waals surface area contributed by atoms with Crippen LogP contribution in [0.5, 0.6) is 0 Å². The van der Waals surface area contributed by atoms with Crippen molar-refractivity contribution in [1.29, 1.82) is 0 Å². The Morgan fingerprint density at radius 1 is 1.38 bits per heavy atom. The van der Waals surface area contributed by atoms with Crippen molar-refractivity contribution < 1.29 is 4.79 Å². The van der Waals surface area contributed by atoms with Crippen LogP contribution < -0.4 is 0 Å². The molecule has 1 fully saturated rings. The minimum Gasteiger partial charge on any atom is -0.338 e. The molecular formula is C18H25N3OS2. The highest BCUT2D eigenvalue weighted by molar-refractivity contribution is 8.01. The standard InChI is InChI=1S/C18H25N3OS2/c1-4-23-16-6-5-15(24-16)18(22)20-10-7-14(8-11-20)17-19-9-12-21(17)13(2)3/h5-6,9,12-14H,4,7-8,10-11H2,1-3H3. The molecule has 0 radical (unpaired) electrons. The fourth-order valence-corrected chi connectivity index (χ4v) is 5.24. The summed E-state index contributed by atoms with van der Waals surface area (Å²) in [6, 6.07) is 4.48. The number of amides is 1. The van der Waals surface area contributed by atoms with Gasteiger partial charge in [0, 0.05) is 37.4 Å². The second kappa shape index (κ2) is 7.74. The number of nitrogens with zero attached hydrogens (tertiary/aromatic N) is 3. The summed E-state index contributed by atoms with van der Waals surface area (Å²) in [5, 5.41) is 0. The first-order valence-electron chi connectivity index (χ1n) is 8.64. The van der Waals surface area contributed by atoms with Gasteiger partial charge in [0.05, 0.1) is 9.09 Å². The van der Waals surface area contributed by atoms with Gasteiger partial charge in [0.2, 0.25) is 0 Å². The molecule has 4 nitrogen and oxygen atoms in total. The molecule has 6 heteroatoms. The van der Waals surface area contributed by atoms with Crippen LogP contribution in [0.4, 0.5) is 0 Å². The van der Waals surface area contributed by atoms with Crippen LogP contribution in [0.25, 0.3) is 0 Å². The molecule has 3 rings (SSSR count). The number of aromatic nitrogens is 2. The van der Waals surface area contributed by atoms with Gasteiger partial charge in [-0.25, -0.2) is 4.98 Å². The van der Waals surface area contributed by atoms with Crippen LogP contribution in [0, 0.1) is 0 Å². The Hall–Kier alpha value is -1.27. The highest BCUT2D eigenvalue weighted by atomic mass is 32.2. The molecule has 0 N–H and O–H groups in total. The van der Waals surface area contributed by atoms with Crippen molar-refractivity contribution in [3.05, 3.63) is 35.2 Å². The molecule has 24 heavy (non-hydrogen) atoms. The van der Waals surface area contributed by atoms with Crippen molar-refractivity contribution in [2.24, 2.45) is 0 Å². The molecule has 0 aromatic carbocycles. The monoisotopic (exact) mass is 363 g/mol. The molecule has 3 heterocycles. The Morgan fingerprint density at radius 2 is 2.12 bits per heavy atom. The van der Waals surface area contributed by atoms with Crippen LogP contribution in [0.2, 0.25) is 0 Å². The average Bonchev–Trinajstić information content (AvgIpc) is 3.24. The van der Waals surface area contributed by atoms with Crippen molar-refractivity contribution in [1.82, 2.24) is 14.5 Å². The zero-order chi connectivity index (χ0) is 17.1. The smallest absolute Gasteiger partial charge is 0.263 e. The van der Waals surface area contributed by atoms with Gasteiger partial charge in [-0.3, -0.25) is 4.79 Å². The first-order chi connectivity index (χ1) is 11.6. The maximum absolute atomic E-state index is 12.7. The second-order valence-corrected chi connectivity index (χ2v) is 9.05. The van der Waals surface area contributed by atoms with Gasteiger partial charge in [0.15, 0.2) is 0 Å². The number of rotatable bonds is 5. The first-order valence-corrected chi connectivity index (χ1v) is 10.4. The van der Waals surface area contributed by atoms with Gasteiger partial charge >= 0.3 is 0 Å². The summed E-state index contributed by atoms with van der Waals surface area (Å²) in [5.74, 6) is 2.87. The third-order valence-corrected chi connectivity index (χ3v) is 6.66. The molecule has 1 aliphatic heterocycles. The summed E-state index contributed by atoms with van der Waals surface area (Å²) in [7, 11) is 0. The van der Waals surface area contributed by atoms with Crippen LogP contribution in [0.3, 0.4) is 0 Å². The molecule has 1 amide bonds. The molecule has 0 aliphatic carbocycles. The summed E-state index contributed by atoms with van der Waals surface area (Å²) in [5.41, 5.74) is 0. The number of imidazole rings is 1. The van der Waals surface area contributed by atoms with Gasteiger partial charge in [0.25, 0.3) is 5.91 Å². The molecule has 0 bridgehead atoms. The van der Waals surface area contributed by atoms with E-state index in [1.165, 1.54) is 10.0 Å². The molecule has 0 spiro atoms. The molecule has 1 aliphatic rings. The summed E-state index contributed by atoms with van der Waals surface area (Å²) in [4.78, 5) is 20.1. The number of hydrogen-bond donors (Lipinski definition) is 0. The van der Waals surface area contributed by atoms with E-state index in [0.29, 0.717) is 12.0 Å². The number of thioether (sulfide) groups is 1. The second-order valence-electron chi connectivity index (χ2n) is 6.40. The van der Waals surface area contributed by atoms with Gasteiger partial charge < -0.3 is 9.47 Å². The molecule has 0 atom stereocenters. The maximum atomic E-state index is 12.7. The van der Waals surface area contributed by atoms with Gasteiger partial charge in [-0.1, -0.05) is 6.92 Å². The number of carbonyl (C=O) groups is 1. The quantitative estimate of drug-likeness (QED) is 0.725. The van der Waals surface area contributed by atoms with Crippen LogP contribution >= 0.6 is 23.1 Å². The summed E-state index contributed by atoms with van der Waals surface area (Å²) < 4.78 is 3.49.